The number of nitriles is 1. The first-order valence-electron chi connectivity index (χ1n) is 9.51. The Bertz CT molecular complexity index is 1170. The number of benzene rings is 2. The third-order valence-corrected chi connectivity index (χ3v) is 5.29. The molecule has 144 valence electrons. The van der Waals surface area contributed by atoms with Gasteiger partial charge < -0.3 is 15.0 Å². The molecule has 5 nitrogen and oxygen atoms in total. The highest BCUT2D eigenvalue weighted by Crippen LogP contribution is 2.40. The van der Waals surface area contributed by atoms with Crippen LogP contribution in [0.25, 0.3) is 0 Å². The second-order valence-electron chi connectivity index (χ2n) is 7.09. The summed E-state index contributed by atoms with van der Waals surface area (Å²) in [7, 11) is 0. The Morgan fingerprint density at radius 1 is 1.10 bits per heavy atom. The topological polar surface area (TPSA) is 81.0 Å². The smallest absolute Gasteiger partial charge is 0.258 e. The number of aromatic nitrogens is 1. The molecule has 4 rings (SSSR count). The van der Waals surface area contributed by atoms with Gasteiger partial charge in [0.1, 0.15) is 17.4 Å². The minimum Gasteiger partial charge on any atom is -0.440 e. The summed E-state index contributed by atoms with van der Waals surface area (Å²) in [5.74, 6) is -0.0653. The fraction of sp³-hybridized carbons (Fsp3) is 0.167. The molecule has 0 radical (unpaired) electrons. The number of allylic oxidation sites excluding steroid dienone is 1. The molecule has 0 fully saturated rings. The van der Waals surface area contributed by atoms with Crippen molar-refractivity contribution >= 4 is 0 Å². The number of hydrogen-bond acceptors (Lipinski definition) is 4. The third-order valence-electron chi connectivity index (χ3n) is 5.29. The number of ether oxygens (including phenoxy) is 1. The highest BCUT2D eigenvalue weighted by Gasteiger charge is 2.34. The number of nitrogens with two attached hydrogens (primary N) is 1. The van der Waals surface area contributed by atoms with Crippen LogP contribution < -0.4 is 16.0 Å². The van der Waals surface area contributed by atoms with Gasteiger partial charge in [0.05, 0.1) is 11.5 Å². The molecular formula is C24H21N3O2. The van der Waals surface area contributed by atoms with Crippen molar-refractivity contribution in [2.45, 2.75) is 25.8 Å². The van der Waals surface area contributed by atoms with Gasteiger partial charge in [-0.3, -0.25) is 4.79 Å². The van der Waals surface area contributed by atoms with Crippen LogP contribution in [0.4, 0.5) is 0 Å². The Labute approximate surface area is 169 Å². The van der Waals surface area contributed by atoms with Crippen LogP contribution >= 0.6 is 0 Å². The lowest BCUT2D eigenvalue weighted by atomic mass is 9.84. The van der Waals surface area contributed by atoms with E-state index in [-0.39, 0.29) is 17.0 Å². The van der Waals surface area contributed by atoms with Crippen molar-refractivity contribution < 1.29 is 4.74 Å². The van der Waals surface area contributed by atoms with Gasteiger partial charge in [-0.1, -0.05) is 60.7 Å². The van der Waals surface area contributed by atoms with Gasteiger partial charge >= 0.3 is 0 Å². The molecule has 29 heavy (non-hydrogen) atoms. The highest BCUT2D eigenvalue weighted by molar-refractivity contribution is 5.55. The van der Waals surface area contributed by atoms with E-state index < -0.39 is 5.92 Å². The number of hydrogen-bond donors (Lipinski definition) is 1. The average Bonchev–Trinajstić information content (AvgIpc) is 2.74. The summed E-state index contributed by atoms with van der Waals surface area (Å²) < 4.78 is 7.44. The first-order chi connectivity index (χ1) is 14.1. The molecular weight excluding hydrogens is 362 g/mol. The largest absolute Gasteiger partial charge is 0.440 e. The Morgan fingerprint density at radius 3 is 2.41 bits per heavy atom. The van der Waals surface area contributed by atoms with Crippen LogP contribution in [0.2, 0.25) is 0 Å². The van der Waals surface area contributed by atoms with Gasteiger partial charge in [0.2, 0.25) is 5.88 Å². The van der Waals surface area contributed by atoms with Crippen LogP contribution in [-0.4, -0.2) is 4.57 Å². The quantitative estimate of drug-likeness (QED) is 0.746. The predicted molar refractivity (Wildman–Crippen MR) is 111 cm³/mol. The van der Waals surface area contributed by atoms with Gasteiger partial charge in [0.15, 0.2) is 0 Å². The molecule has 0 saturated carbocycles. The molecule has 3 aromatic rings. The molecule has 2 heterocycles. The SMILES string of the molecule is Cc1cc2c(c(=O)n1CCc1ccccc1)C(c1ccccc1)C(C#N)=C(N)O2. The first kappa shape index (κ1) is 18.6. The van der Waals surface area contributed by atoms with E-state index in [4.69, 9.17) is 10.5 Å². The summed E-state index contributed by atoms with van der Waals surface area (Å²) in [6.45, 7) is 2.43. The van der Waals surface area contributed by atoms with Crippen molar-refractivity contribution in [2.24, 2.45) is 5.73 Å². The van der Waals surface area contributed by atoms with Crippen LogP contribution in [0.15, 0.2) is 83.0 Å². The van der Waals surface area contributed by atoms with Gasteiger partial charge in [-0.15, -0.1) is 0 Å². The number of fused-ring (bicyclic) bond motifs is 1. The molecule has 1 aliphatic rings. The van der Waals surface area contributed by atoms with E-state index in [0.717, 1.165) is 23.2 Å². The van der Waals surface area contributed by atoms with Gasteiger partial charge in [-0.25, -0.2) is 0 Å². The van der Waals surface area contributed by atoms with E-state index in [1.54, 1.807) is 4.57 Å². The first-order valence-corrected chi connectivity index (χ1v) is 9.51. The lowest BCUT2D eigenvalue weighted by Crippen LogP contribution is -2.33. The van der Waals surface area contributed by atoms with Gasteiger partial charge in [-0.05, 0) is 24.5 Å². The summed E-state index contributed by atoms with van der Waals surface area (Å²) >= 11 is 0. The van der Waals surface area contributed by atoms with E-state index in [1.807, 2.05) is 73.7 Å². The standard InChI is InChI=1S/C24H21N3O2/c1-16-14-20-22(24(28)27(16)13-12-17-8-4-2-5-9-17)21(18-10-6-3-7-11-18)19(15-25)23(26)29-20/h2-11,14,21H,12-13,26H2,1H3. The number of rotatable bonds is 4. The summed E-state index contributed by atoms with van der Waals surface area (Å²) in [5, 5.41) is 9.71. The fourth-order valence-corrected chi connectivity index (χ4v) is 3.83. The maximum atomic E-state index is 13.5. The summed E-state index contributed by atoms with van der Waals surface area (Å²) in [6, 6.07) is 23.5. The van der Waals surface area contributed by atoms with Crippen LogP contribution in [0.1, 0.15) is 28.3 Å². The molecule has 1 aliphatic heterocycles. The van der Waals surface area contributed by atoms with E-state index in [0.29, 0.717) is 17.9 Å². The zero-order chi connectivity index (χ0) is 20.4. The third kappa shape index (κ3) is 3.41. The Hall–Kier alpha value is -3.78. The van der Waals surface area contributed by atoms with Crippen molar-refractivity contribution in [3.8, 4) is 11.8 Å². The van der Waals surface area contributed by atoms with E-state index in [1.165, 1.54) is 0 Å². The van der Waals surface area contributed by atoms with Crippen molar-refractivity contribution in [1.29, 1.82) is 5.26 Å². The second-order valence-corrected chi connectivity index (χ2v) is 7.09. The molecule has 2 N–H and O–H groups in total. The van der Waals surface area contributed by atoms with Crippen LogP contribution in [0.3, 0.4) is 0 Å². The number of pyridine rings is 1. The summed E-state index contributed by atoms with van der Waals surface area (Å²) in [6.07, 6.45) is 0.736. The van der Waals surface area contributed by atoms with Gasteiger partial charge in [0, 0.05) is 18.3 Å². The number of nitrogens with zero attached hydrogens (tertiary/aromatic N) is 2. The van der Waals surface area contributed by atoms with Crippen LogP contribution in [-0.2, 0) is 13.0 Å². The zero-order valence-electron chi connectivity index (χ0n) is 16.1. The molecule has 5 heteroatoms. The van der Waals surface area contributed by atoms with Gasteiger partial charge in [0.25, 0.3) is 5.56 Å². The van der Waals surface area contributed by atoms with Crippen LogP contribution in [0, 0.1) is 18.3 Å². The molecule has 1 atom stereocenters. The molecule has 0 aliphatic carbocycles. The Kier molecular flexibility index (Phi) is 4.92. The molecule has 1 aromatic heterocycles. The van der Waals surface area contributed by atoms with Crippen molar-refractivity contribution in [3.63, 3.8) is 0 Å². The second kappa shape index (κ2) is 7.69. The summed E-state index contributed by atoms with van der Waals surface area (Å²) in [4.78, 5) is 13.5. The zero-order valence-corrected chi connectivity index (χ0v) is 16.1. The van der Waals surface area contributed by atoms with Crippen molar-refractivity contribution in [3.05, 3.63) is 111 Å². The lowest BCUT2D eigenvalue weighted by Gasteiger charge is -2.27. The minimum absolute atomic E-state index is 0.0506. The molecule has 0 bridgehead atoms. The molecule has 1 unspecified atom stereocenters. The highest BCUT2D eigenvalue weighted by atomic mass is 16.5. The Balaban J connectivity index is 1.83. The predicted octanol–water partition coefficient (Wildman–Crippen LogP) is 3.62. The normalized spacial score (nSPS) is 15.4. The average molecular weight is 383 g/mol. The molecule has 0 spiro atoms. The maximum Gasteiger partial charge on any atom is 0.258 e. The summed E-state index contributed by atoms with van der Waals surface area (Å²) in [5.41, 5.74) is 9.40. The van der Waals surface area contributed by atoms with Crippen molar-refractivity contribution in [1.82, 2.24) is 4.57 Å². The van der Waals surface area contributed by atoms with Gasteiger partial charge in [-0.2, -0.15) is 5.26 Å². The van der Waals surface area contributed by atoms with E-state index >= 15 is 0 Å². The molecule has 0 amide bonds. The Morgan fingerprint density at radius 2 is 1.76 bits per heavy atom. The lowest BCUT2D eigenvalue weighted by molar-refractivity contribution is 0.388. The minimum atomic E-state index is -0.541. The maximum absolute atomic E-state index is 13.5. The number of aryl methyl sites for hydroxylation is 2. The monoisotopic (exact) mass is 383 g/mol. The fourth-order valence-electron chi connectivity index (χ4n) is 3.83. The van der Waals surface area contributed by atoms with Crippen molar-refractivity contribution in [2.75, 3.05) is 0 Å². The van der Waals surface area contributed by atoms with Crippen LogP contribution in [0.5, 0.6) is 5.75 Å². The van der Waals surface area contributed by atoms with E-state index in [2.05, 4.69) is 6.07 Å². The molecule has 2 aromatic carbocycles. The molecule has 0 saturated heterocycles. The van der Waals surface area contributed by atoms with E-state index in [9.17, 15) is 10.1 Å².